The molecule has 0 aliphatic heterocycles. The molecule has 0 aliphatic rings. The van der Waals surface area contributed by atoms with Gasteiger partial charge in [-0.15, -0.1) is 0 Å². The molecule has 0 atom stereocenters. The van der Waals surface area contributed by atoms with E-state index in [-0.39, 0.29) is 70.5 Å². The molecule has 0 N–H and O–H groups in total. The summed E-state index contributed by atoms with van der Waals surface area (Å²) in [5, 5.41) is 2.26. The van der Waals surface area contributed by atoms with Gasteiger partial charge < -0.3 is 26.6 Å². The average Bonchev–Trinajstić information content (AvgIpc) is 3.36. The van der Waals surface area contributed by atoms with E-state index < -0.39 is 29.2 Å². The van der Waals surface area contributed by atoms with Crippen LogP contribution in [0.5, 0.6) is 0 Å². The maximum Gasteiger partial charge on any atom is 0.338 e. The Morgan fingerprint density at radius 1 is 0.341 bits per heavy atom. The van der Waals surface area contributed by atoms with E-state index in [0.717, 1.165) is 35.7 Å². The second-order valence-corrected chi connectivity index (χ2v) is 54.9. The molecule has 82 heavy (non-hydrogen) atoms. The summed E-state index contributed by atoms with van der Waals surface area (Å²) < 4.78 is 50.3. The molecule has 0 fully saturated rings. The van der Waals surface area contributed by atoms with Gasteiger partial charge in [0.05, 0.1) is 39.6 Å². The fourth-order valence-electron chi connectivity index (χ4n) is 6.05. The smallest absolute Gasteiger partial charge is 0.338 e. The quantitative estimate of drug-likeness (QED) is 0.0226. The zero-order valence-corrected chi connectivity index (χ0v) is 61.6. The van der Waals surface area contributed by atoms with Crippen molar-refractivity contribution in [3.8, 4) is 0 Å². The van der Waals surface area contributed by atoms with Gasteiger partial charge >= 0.3 is 179 Å². The molecule has 0 heterocycles. The SMILES string of the molecule is C.C.C.C.CC(C)=CCO[Si](C)(C)OCC=C(C)C.CC(C)=CCO[Si](OCC=C(C)C)(c1ccccc1)c1ccccc1.CCC[I-][Si](OCC=C(C)C)(OCC=C(C)C)[I-]CCC.CC[Si](CC)(OCC=C(C)C)OCC=C(C)C. The van der Waals surface area contributed by atoms with Gasteiger partial charge in [0.2, 0.25) is 0 Å². The van der Waals surface area contributed by atoms with Gasteiger partial charge in [-0.3, -0.25) is 0 Å². The Labute approximate surface area is 533 Å². The van der Waals surface area contributed by atoms with Crippen LogP contribution in [0.1, 0.15) is 181 Å². The molecule has 0 bridgehead atoms. The molecule has 14 heteroatoms. The first-order valence-corrected chi connectivity index (χ1v) is 46.2. The maximum absolute atomic E-state index is 6.51. The monoisotopic (exact) mass is 1440 g/mol. The first-order valence-electron chi connectivity index (χ1n) is 28.3. The van der Waals surface area contributed by atoms with Gasteiger partial charge in [0.1, 0.15) is 0 Å². The van der Waals surface area contributed by atoms with E-state index in [0.29, 0.717) is 39.6 Å². The molecule has 2 aromatic carbocycles. The normalized spacial score (nSPS) is 10.7. The summed E-state index contributed by atoms with van der Waals surface area (Å²) in [4.78, 5) is 0. The van der Waals surface area contributed by atoms with E-state index in [1.54, 1.807) is 0 Å². The summed E-state index contributed by atoms with van der Waals surface area (Å²) in [6.45, 7) is 51.9. The molecule has 0 saturated heterocycles. The van der Waals surface area contributed by atoms with E-state index in [2.05, 4.69) is 249 Å². The van der Waals surface area contributed by atoms with Crippen molar-refractivity contribution in [1.82, 2.24) is 0 Å². The number of benzene rings is 2. The summed E-state index contributed by atoms with van der Waals surface area (Å²) in [6.07, 6.45) is 19.6. The molecule has 2 aromatic rings. The molecule has 480 valence electrons. The molecule has 0 radical (unpaired) electrons. The molecule has 0 spiro atoms. The average molecular weight is 1440 g/mol. The van der Waals surface area contributed by atoms with Gasteiger partial charge in [-0.25, -0.2) is 0 Å². The number of hydrogen-bond donors (Lipinski definition) is 0. The number of halogens is 2. The van der Waals surface area contributed by atoms with Crippen molar-refractivity contribution in [1.29, 1.82) is 0 Å². The van der Waals surface area contributed by atoms with Crippen LogP contribution in [0.4, 0.5) is 0 Å². The van der Waals surface area contributed by atoms with Crippen LogP contribution in [-0.4, -0.2) is 90.9 Å². The summed E-state index contributed by atoms with van der Waals surface area (Å²) in [6, 6.07) is 22.7. The summed E-state index contributed by atoms with van der Waals surface area (Å²) in [5.41, 5.74) is 10.3. The van der Waals surface area contributed by atoms with Crippen LogP contribution in [0, 0.1) is 0 Å². The Morgan fingerprint density at radius 2 is 0.573 bits per heavy atom. The van der Waals surface area contributed by atoms with Crippen molar-refractivity contribution in [2.45, 2.75) is 206 Å². The fraction of sp³-hybridized carbons (Fsp3) is 0.588. The largest absolute Gasteiger partial charge is 0.390 e. The zero-order chi connectivity index (χ0) is 59.5. The third-order valence-electron chi connectivity index (χ3n) is 10.8. The second kappa shape index (κ2) is 54.7. The molecular formula is C68H128I2O8Si4-2. The van der Waals surface area contributed by atoms with Crippen molar-refractivity contribution in [3.63, 3.8) is 0 Å². The van der Waals surface area contributed by atoms with Crippen LogP contribution in [0.3, 0.4) is 0 Å². The minimum atomic E-state index is -2.77. The predicted octanol–water partition coefficient (Wildman–Crippen LogP) is 13.2. The Bertz CT molecular complexity index is 1940. The Balaban J connectivity index is -0.000000235. The second-order valence-electron chi connectivity index (χ2n) is 21.2. The van der Waals surface area contributed by atoms with Crippen LogP contribution in [0.2, 0.25) is 25.2 Å². The fourth-order valence-corrected chi connectivity index (χ4v) is 38.9. The minimum absolute atomic E-state index is 0. The van der Waals surface area contributed by atoms with Crippen LogP contribution >= 0.6 is 0 Å². The molecule has 8 nitrogen and oxygen atoms in total. The molecule has 0 aliphatic carbocycles. The Hall–Kier alpha value is -1.63. The van der Waals surface area contributed by atoms with E-state index in [1.165, 1.54) is 66.3 Å². The summed E-state index contributed by atoms with van der Waals surface area (Å²) >= 11 is 0.159. The molecule has 2 rings (SSSR count). The number of alkyl halides is 2. The minimum Gasteiger partial charge on any atom is -0.390 e. The molecule has 0 saturated carbocycles. The molecule has 0 unspecified atom stereocenters. The van der Waals surface area contributed by atoms with Gasteiger partial charge in [0, 0.05) is 0 Å². The standard InChI is InChI=1S/C22H28O2Si.C16H32I2O2Si.C14H28O2Si.C12H24O2Si.4CH4/c1-19(2)15-17-23-25(24-18-16-20(3)4,21-11-7-5-8-12-21)22-13-9-6-10-14-22;1-7-11-17-21(18-12-8-2,19-13-9-15(3)4)20-14-10-16(5)6;1-7-17(8-2,15-11-9-13(3)4)16-12-10-14(5)6;1-11(2)7-9-13-15(5,6)14-10-8-12(3)4;;;;/h5-16H,17-18H2,1-4H3;9-10H,7-8,11-14H2,1-6H3;9-10H,7-8,11-12H2,1-6H3;7-8H,9-10H2,1-6H3;4*1H4/q;-2;;;;;;. The number of rotatable bonds is 34. The van der Waals surface area contributed by atoms with Crippen LogP contribution in [0.15, 0.2) is 154 Å². The first kappa shape index (κ1) is 91.5. The first-order chi connectivity index (χ1) is 36.8. The zero-order valence-electron chi connectivity index (χ0n) is 53.3. The van der Waals surface area contributed by atoms with Crippen molar-refractivity contribution in [2.24, 2.45) is 0 Å². The van der Waals surface area contributed by atoms with E-state index in [4.69, 9.17) is 35.4 Å². The van der Waals surface area contributed by atoms with Crippen molar-refractivity contribution in [3.05, 3.63) is 154 Å². The van der Waals surface area contributed by atoms with Crippen LogP contribution < -0.4 is 51.2 Å². The van der Waals surface area contributed by atoms with E-state index in [1.807, 2.05) is 12.1 Å². The van der Waals surface area contributed by atoms with Gasteiger partial charge in [-0.05, 0) is 119 Å². The van der Waals surface area contributed by atoms with E-state index >= 15 is 0 Å². The maximum atomic E-state index is 6.51. The summed E-state index contributed by atoms with van der Waals surface area (Å²) in [5.74, 6) is 0. The Morgan fingerprint density at radius 3 is 0.805 bits per heavy atom. The third kappa shape index (κ3) is 48.5. The molecule has 0 aromatic heterocycles. The number of allylic oxidation sites excluding steroid dienone is 8. The van der Waals surface area contributed by atoms with Crippen LogP contribution in [0.25, 0.3) is 0 Å². The molecule has 0 amide bonds. The van der Waals surface area contributed by atoms with Gasteiger partial charge in [0.15, 0.2) is 0 Å². The predicted molar refractivity (Wildman–Crippen MR) is 368 cm³/mol. The van der Waals surface area contributed by atoms with Crippen LogP contribution in [-0.2, 0) is 35.4 Å². The van der Waals surface area contributed by atoms with Crippen molar-refractivity contribution >= 4 is 39.6 Å². The van der Waals surface area contributed by atoms with E-state index in [9.17, 15) is 0 Å². The van der Waals surface area contributed by atoms with Gasteiger partial charge in [-0.1, -0.05) is 174 Å². The number of hydrogen-bond acceptors (Lipinski definition) is 8. The topological polar surface area (TPSA) is 73.8 Å². The van der Waals surface area contributed by atoms with Gasteiger partial charge in [-0.2, -0.15) is 0 Å². The van der Waals surface area contributed by atoms with Gasteiger partial charge in [0.25, 0.3) is 0 Å². The summed E-state index contributed by atoms with van der Waals surface area (Å²) in [7, 11) is -6.66. The van der Waals surface area contributed by atoms with Crippen molar-refractivity contribution < 1.29 is 76.2 Å². The third-order valence-corrected chi connectivity index (χ3v) is 47.7. The molecular weight excluding hydrogens is 1310 g/mol. The Kier molecular flexibility index (Phi) is 61.1. The van der Waals surface area contributed by atoms with Crippen molar-refractivity contribution in [2.75, 3.05) is 61.7 Å².